The molecule has 0 bridgehead atoms. The second kappa shape index (κ2) is 3.47. The summed E-state index contributed by atoms with van der Waals surface area (Å²) >= 11 is 0. The SMILES string of the molecule is O=C(NC1(C(F)(F)F)CC1)c1ccccn1. The quantitative estimate of drug-likeness (QED) is 0.843. The molecular formula is C10H9F3N2O. The molecule has 0 aromatic carbocycles. The van der Waals surface area contributed by atoms with Gasteiger partial charge in [0.05, 0.1) is 0 Å². The van der Waals surface area contributed by atoms with E-state index in [-0.39, 0.29) is 18.5 Å². The van der Waals surface area contributed by atoms with Gasteiger partial charge in [-0.25, -0.2) is 0 Å². The molecule has 86 valence electrons. The largest absolute Gasteiger partial charge is 0.411 e. The molecule has 0 saturated heterocycles. The first-order valence-electron chi connectivity index (χ1n) is 4.75. The fourth-order valence-electron chi connectivity index (χ4n) is 1.38. The Morgan fingerprint density at radius 2 is 2.06 bits per heavy atom. The van der Waals surface area contributed by atoms with E-state index < -0.39 is 17.6 Å². The van der Waals surface area contributed by atoms with Crippen LogP contribution in [0.15, 0.2) is 24.4 Å². The van der Waals surface area contributed by atoms with Gasteiger partial charge in [-0.2, -0.15) is 13.2 Å². The number of halogens is 3. The number of hydrogen-bond acceptors (Lipinski definition) is 2. The molecule has 0 spiro atoms. The molecule has 2 rings (SSSR count). The van der Waals surface area contributed by atoms with Crippen LogP contribution in [0, 0.1) is 0 Å². The number of carbonyl (C=O) groups is 1. The van der Waals surface area contributed by atoms with Crippen LogP contribution in [0.3, 0.4) is 0 Å². The summed E-state index contributed by atoms with van der Waals surface area (Å²) in [5, 5.41) is 2.00. The summed E-state index contributed by atoms with van der Waals surface area (Å²) in [5.41, 5.74) is -2.03. The Morgan fingerprint density at radius 3 is 2.50 bits per heavy atom. The van der Waals surface area contributed by atoms with Crippen molar-refractivity contribution in [3.8, 4) is 0 Å². The average molecular weight is 230 g/mol. The summed E-state index contributed by atoms with van der Waals surface area (Å²) in [7, 11) is 0. The third-order valence-electron chi connectivity index (χ3n) is 2.54. The van der Waals surface area contributed by atoms with E-state index in [9.17, 15) is 18.0 Å². The van der Waals surface area contributed by atoms with Gasteiger partial charge < -0.3 is 5.32 Å². The van der Waals surface area contributed by atoms with Crippen LogP contribution in [0.2, 0.25) is 0 Å². The summed E-state index contributed by atoms with van der Waals surface area (Å²) in [6.07, 6.45) is -3.15. The number of alkyl halides is 3. The molecular weight excluding hydrogens is 221 g/mol. The van der Waals surface area contributed by atoms with Crippen LogP contribution in [0.4, 0.5) is 13.2 Å². The Balaban J connectivity index is 2.10. The molecule has 0 atom stereocenters. The molecule has 1 saturated carbocycles. The maximum Gasteiger partial charge on any atom is 0.411 e. The molecule has 0 aliphatic heterocycles. The second-order valence-corrected chi connectivity index (χ2v) is 3.75. The smallest absolute Gasteiger partial charge is 0.336 e. The van der Waals surface area contributed by atoms with Crippen molar-refractivity contribution < 1.29 is 18.0 Å². The summed E-state index contributed by atoms with van der Waals surface area (Å²) < 4.78 is 37.6. The molecule has 1 fully saturated rings. The Kier molecular flexibility index (Phi) is 2.36. The van der Waals surface area contributed by atoms with Crippen LogP contribution in [-0.4, -0.2) is 22.6 Å². The van der Waals surface area contributed by atoms with Crippen molar-refractivity contribution in [3.63, 3.8) is 0 Å². The number of aromatic nitrogens is 1. The first kappa shape index (κ1) is 10.9. The normalized spacial score (nSPS) is 17.9. The molecule has 0 radical (unpaired) electrons. The molecule has 1 aromatic heterocycles. The highest BCUT2D eigenvalue weighted by atomic mass is 19.4. The van der Waals surface area contributed by atoms with Crippen molar-refractivity contribution >= 4 is 5.91 Å². The first-order chi connectivity index (χ1) is 7.45. The zero-order valence-electron chi connectivity index (χ0n) is 8.21. The van der Waals surface area contributed by atoms with Crippen molar-refractivity contribution in [1.29, 1.82) is 0 Å². The lowest BCUT2D eigenvalue weighted by Gasteiger charge is -2.20. The van der Waals surface area contributed by atoms with Crippen LogP contribution in [0.1, 0.15) is 23.3 Å². The van der Waals surface area contributed by atoms with Gasteiger partial charge in [0.25, 0.3) is 5.91 Å². The van der Waals surface area contributed by atoms with E-state index in [4.69, 9.17) is 0 Å². The van der Waals surface area contributed by atoms with Gasteiger partial charge in [-0.05, 0) is 25.0 Å². The van der Waals surface area contributed by atoms with Crippen molar-refractivity contribution in [1.82, 2.24) is 10.3 Å². The number of rotatable bonds is 2. The van der Waals surface area contributed by atoms with Crippen LogP contribution in [-0.2, 0) is 0 Å². The van der Waals surface area contributed by atoms with Crippen LogP contribution >= 0.6 is 0 Å². The number of nitrogens with one attached hydrogen (secondary N) is 1. The molecule has 1 heterocycles. The highest BCUT2D eigenvalue weighted by molar-refractivity contribution is 5.93. The minimum absolute atomic E-state index is 0.00183. The molecule has 3 nitrogen and oxygen atoms in total. The fourth-order valence-corrected chi connectivity index (χ4v) is 1.38. The molecule has 1 aliphatic rings. The van der Waals surface area contributed by atoms with E-state index >= 15 is 0 Å². The third-order valence-corrected chi connectivity index (χ3v) is 2.54. The van der Waals surface area contributed by atoms with Gasteiger partial charge in [-0.15, -0.1) is 0 Å². The van der Waals surface area contributed by atoms with Crippen molar-refractivity contribution in [3.05, 3.63) is 30.1 Å². The van der Waals surface area contributed by atoms with Gasteiger partial charge in [0.1, 0.15) is 11.2 Å². The number of carbonyl (C=O) groups excluding carboxylic acids is 1. The predicted molar refractivity (Wildman–Crippen MR) is 49.7 cm³/mol. The lowest BCUT2D eigenvalue weighted by atomic mass is 10.2. The second-order valence-electron chi connectivity index (χ2n) is 3.75. The van der Waals surface area contributed by atoms with Crippen LogP contribution in [0.5, 0.6) is 0 Å². The monoisotopic (exact) mass is 230 g/mol. The molecule has 0 unspecified atom stereocenters. The number of amides is 1. The summed E-state index contributed by atoms with van der Waals surface area (Å²) in [4.78, 5) is 15.2. The van der Waals surface area contributed by atoms with Gasteiger partial charge >= 0.3 is 6.18 Å². The van der Waals surface area contributed by atoms with E-state index in [2.05, 4.69) is 4.98 Å². The van der Waals surface area contributed by atoms with Crippen molar-refractivity contribution in [2.75, 3.05) is 0 Å². The minimum atomic E-state index is -4.39. The Bertz CT molecular complexity index is 398. The van der Waals surface area contributed by atoms with Gasteiger partial charge in [-0.1, -0.05) is 6.07 Å². The molecule has 1 N–H and O–H groups in total. The van der Waals surface area contributed by atoms with Gasteiger partial charge in [-0.3, -0.25) is 9.78 Å². The topological polar surface area (TPSA) is 42.0 Å². The Hall–Kier alpha value is -1.59. The lowest BCUT2D eigenvalue weighted by Crippen LogP contribution is -2.48. The van der Waals surface area contributed by atoms with E-state index in [1.54, 1.807) is 12.1 Å². The minimum Gasteiger partial charge on any atom is -0.336 e. The van der Waals surface area contributed by atoms with E-state index in [0.29, 0.717) is 0 Å². The lowest BCUT2D eigenvalue weighted by molar-refractivity contribution is -0.163. The summed E-state index contributed by atoms with van der Waals surface area (Å²) in [6.45, 7) is 0. The van der Waals surface area contributed by atoms with E-state index in [1.165, 1.54) is 12.3 Å². The summed E-state index contributed by atoms with van der Waals surface area (Å²) in [5.74, 6) is -0.782. The zero-order valence-corrected chi connectivity index (χ0v) is 8.21. The first-order valence-corrected chi connectivity index (χ1v) is 4.75. The zero-order chi connectivity index (χ0) is 11.8. The van der Waals surface area contributed by atoms with Gasteiger partial charge in [0.2, 0.25) is 0 Å². The number of pyridine rings is 1. The highest BCUT2D eigenvalue weighted by Gasteiger charge is 2.64. The van der Waals surface area contributed by atoms with E-state index in [1.807, 2.05) is 5.32 Å². The van der Waals surface area contributed by atoms with Crippen LogP contribution < -0.4 is 5.32 Å². The molecule has 16 heavy (non-hydrogen) atoms. The number of hydrogen-bond donors (Lipinski definition) is 1. The van der Waals surface area contributed by atoms with Crippen LogP contribution in [0.25, 0.3) is 0 Å². The number of nitrogens with zero attached hydrogens (tertiary/aromatic N) is 1. The van der Waals surface area contributed by atoms with Gasteiger partial charge in [0.15, 0.2) is 0 Å². The Labute approximate surface area is 89.7 Å². The maximum absolute atomic E-state index is 12.5. The van der Waals surface area contributed by atoms with Gasteiger partial charge in [0, 0.05) is 6.20 Å². The molecule has 6 heteroatoms. The van der Waals surface area contributed by atoms with Crippen molar-refractivity contribution in [2.45, 2.75) is 24.6 Å². The highest BCUT2D eigenvalue weighted by Crippen LogP contribution is 2.48. The molecule has 1 amide bonds. The summed E-state index contributed by atoms with van der Waals surface area (Å²) in [6, 6.07) is 4.52. The molecule has 1 aromatic rings. The van der Waals surface area contributed by atoms with Crippen molar-refractivity contribution in [2.24, 2.45) is 0 Å². The van der Waals surface area contributed by atoms with E-state index in [0.717, 1.165) is 0 Å². The third kappa shape index (κ3) is 1.87. The molecule has 1 aliphatic carbocycles. The average Bonchev–Trinajstić information content (AvgIpc) is 2.99. The predicted octanol–water partition coefficient (Wildman–Crippen LogP) is 1.91. The fraction of sp³-hybridized carbons (Fsp3) is 0.400. The Morgan fingerprint density at radius 1 is 1.38 bits per heavy atom. The standard InChI is InChI=1S/C10H9F3N2O/c11-10(12,13)9(4-5-9)15-8(16)7-3-1-2-6-14-7/h1-3,6H,4-5H2,(H,15,16). The maximum atomic E-state index is 12.5.